The Morgan fingerprint density at radius 1 is 0.939 bits per heavy atom. The second kappa shape index (κ2) is 10.4. The molecule has 0 saturated heterocycles. The number of hydrogen-bond donors (Lipinski definition) is 2. The lowest BCUT2D eigenvalue weighted by Gasteiger charge is -2.17. The summed E-state index contributed by atoms with van der Waals surface area (Å²) in [4.78, 5) is 12.7. The first-order valence-corrected chi connectivity index (χ1v) is 12.0. The number of amides is 1. The van der Waals surface area contributed by atoms with Gasteiger partial charge in [-0.3, -0.25) is 9.52 Å². The molecule has 8 heteroatoms. The molecule has 7 nitrogen and oxygen atoms in total. The number of hydrogen-bond acceptors (Lipinski definition) is 5. The van der Waals surface area contributed by atoms with Gasteiger partial charge in [0.2, 0.25) is 0 Å². The number of aryl methyl sites for hydroxylation is 2. The van der Waals surface area contributed by atoms with Gasteiger partial charge >= 0.3 is 0 Å². The zero-order valence-corrected chi connectivity index (χ0v) is 19.9. The van der Waals surface area contributed by atoms with Gasteiger partial charge in [-0.15, -0.1) is 0 Å². The third kappa shape index (κ3) is 6.26. The summed E-state index contributed by atoms with van der Waals surface area (Å²) in [7, 11) is -2.36. The van der Waals surface area contributed by atoms with Crippen molar-refractivity contribution < 1.29 is 22.7 Å². The molecule has 3 rings (SSSR count). The highest BCUT2D eigenvalue weighted by atomic mass is 32.2. The van der Waals surface area contributed by atoms with E-state index >= 15 is 0 Å². The molecular weight excluding hydrogens is 440 g/mol. The lowest BCUT2D eigenvalue weighted by molar-refractivity contribution is -0.122. The van der Waals surface area contributed by atoms with Crippen molar-refractivity contribution in [1.29, 1.82) is 0 Å². The van der Waals surface area contributed by atoms with E-state index in [0.717, 1.165) is 11.1 Å². The van der Waals surface area contributed by atoms with Crippen LogP contribution in [0.1, 0.15) is 24.5 Å². The Balaban J connectivity index is 1.69. The number of anilines is 2. The van der Waals surface area contributed by atoms with Gasteiger partial charge in [-0.05, 0) is 74.4 Å². The Morgan fingerprint density at radius 3 is 2.18 bits per heavy atom. The summed E-state index contributed by atoms with van der Waals surface area (Å²) in [6.07, 6.45) is -0.194. The largest absolute Gasteiger partial charge is 0.495 e. The van der Waals surface area contributed by atoms with Crippen molar-refractivity contribution in [2.24, 2.45) is 0 Å². The van der Waals surface area contributed by atoms with Crippen molar-refractivity contribution in [3.63, 3.8) is 0 Å². The molecule has 0 fully saturated rings. The van der Waals surface area contributed by atoms with E-state index in [1.165, 1.54) is 19.2 Å². The molecule has 0 heterocycles. The zero-order chi connectivity index (χ0) is 24.0. The number of sulfonamides is 1. The van der Waals surface area contributed by atoms with Crippen LogP contribution in [0.2, 0.25) is 0 Å². The normalized spacial score (nSPS) is 12.0. The van der Waals surface area contributed by atoms with Crippen LogP contribution in [0.5, 0.6) is 11.5 Å². The molecule has 3 aromatic carbocycles. The molecule has 0 spiro atoms. The van der Waals surface area contributed by atoms with Crippen LogP contribution < -0.4 is 19.5 Å². The van der Waals surface area contributed by atoms with Gasteiger partial charge in [-0.1, -0.05) is 30.7 Å². The molecule has 0 aliphatic carbocycles. The number of rotatable bonds is 9. The van der Waals surface area contributed by atoms with Gasteiger partial charge in [0.15, 0.2) is 6.10 Å². The van der Waals surface area contributed by atoms with Gasteiger partial charge in [0.05, 0.1) is 17.7 Å². The Morgan fingerprint density at radius 2 is 1.58 bits per heavy atom. The summed E-state index contributed by atoms with van der Waals surface area (Å²) in [5, 5.41) is 2.78. The average molecular weight is 469 g/mol. The first kappa shape index (κ1) is 24.1. The molecule has 0 saturated carbocycles. The molecule has 2 N–H and O–H groups in total. The summed E-state index contributed by atoms with van der Waals surface area (Å²) >= 11 is 0. The van der Waals surface area contributed by atoms with Crippen molar-refractivity contribution in [2.45, 2.75) is 38.2 Å². The van der Waals surface area contributed by atoms with Gasteiger partial charge in [-0.2, -0.15) is 0 Å². The zero-order valence-electron chi connectivity index (χ0n) is 19.1. The number of carbonyl (C=O) groups excluding carboxylic acids is 1. The molecule has 3 aromatic rings. The summed E-state index contributed by atoms with van der Waals surface area (Å²) in [6, 6.07) is 18.7. The first-order chi connectivity index (χ1) is 15.7. The quantitative estimate of drug-likeness (QED) is 0.465. The molecule has 0 unspecified atom stereocenters. The van der Waals surface area contributed by atoms with E-state index in [9.17, 15) is 13.2 Å². The highest BCUT2D eigenvalue weighted by Crippen LogP contribution is 2.28. The minimum atomic E-state index is -3.84. The van der Waals surface area contributed by atoms with Crippen LogP contribution in [0.25, 0.3) is 0 Å². The van der Waals surface area contributed by atoms with Gasteiger partial charge < -0.3 is 14.8 Å². The molecule has 0 aliphatic rings. The van der Waals surface area contributed by atoms with Crippen LogP contribution in [-0.2, 0) is 14.8 Å². The highest BCUT2D eigenvalue weighted by Gasteiger charge is 2.20. The van der Waals surface area contributed by atoms with Crippen molar-refractivity contribution in [1.82, 2.24) is 0 Å². The number of methoxy groups -OCH3 is 1. The van der Waals surface area contributed by atoms with Crippen molar-refractivity contribution in [2.75, 3.05) is 17.1 Å². The third-order valence-corrected chi connectivity index (χ3v) is 6.38. The predicted octanol–water partition coefficient (Wildman–Crippen LogP) is 4.91. The van der Waals surface area contributed by atoms with E-state index in [1.807, 2.05) is 51.1 Å². The lowest BCUT2D eigenvalue weighted by Crippen LogP contribution is -2.32. The molecule has 0 aromatic heterocycles. The van der Waals surface area contributed by atoms with Crippen LogP contribution in [0.4, 0.5) is 11.4 Å². The van der Waals surface area contributed by atoms with Gasteiger partial charge in [0, 0.05) is 5.69 Å². The summed E-state index contributed by atoms with van der Waals surface area (Å²) < 4.78 is 39.2. The maximum atomic E-state index is 12.8. The van der Waals surface area contributed by atoms with Crippen LogP contribution in [0.15, 0.2) is 71.6 Å². The average Bonchev–Trinajstić information content (AvgIpc) is 2.79. The molecule has 0 bridgehead atoms. The smallest absolute Gasteiger partial charge is 0.265 e. The minimum absolute atomic E-state index is 0.0620. The Bertz CT molecular complexity index is 1210. The molecule has 0 aliphatic heterocycles. The van der Waals surface area contributed by atoms with Crippen LogP contribution in [0.3, 0.4) is 0 Å². The van der Waals surface area contributed by atoms with Gasteiger partial charge in [-0.25, -0.2) is 8.42 Å². The van der Waals surface area contributed by atoms with E-state index in [-0.39, 0.29) is 10.8 Å². The third-order valence-electron chi connectivity index (χ3n) is 4.99. The van der Waals surface area contributed by atoms with Crippen LogP contribution in [-0.4, -0.2) is 27.5 Å². The van der Waals surface area contributed by atoms with E-state index in [4.69, 9.17) is 9.47 Å². The van der Waals surface area contributed by atoms with Crippen molar-refractivity contribution >= 4 is 27.3 Å². The van der Waals surface area contributed by atoms with Crippen LogP contribution >= 0.6 is 0 Å². The maximum Gasteiger partial charge on any atom is 0.265 e. The number of benzene rings is 3. The van der Waals surface area contributed by atoms with E-state index in [1.54, 1.807) is 24.3 Å². The maximum absolute atomic E-state index is 12.8. The molecule has 33 heavy (non-hydrogen) atoms. The molecule has 1 atom stereocenters. The highest BCUT2D eigenvalue weighted by molar-refractivity contribution is 7.92. The summed E-state index contributed by atoms with van der Waals surface area (Å²) in [6.45, 7) is 5.70. The lowest BCUT2D eigenvalue weighted by atomic mass is 10.2. The second-order valence-electron chi connectivity index (χ2n) is 7.65. The molecular formula is C25H28N2O5S. The van der Waals surface area contributed by atoms with Gasteiger partial charge in [0.25, 0.3) is 15.9 Å². The minimum Gasteiger partial charge on any atom is -0.495 e. The van der Waals surface area contributed by atoms with Crippen LogP contribution in [0, 0.1) is 13.8 Å². The Hall–Kier alpha value is -3.52. The fraction of sp³-hybridized carbons (Fsp3) is 0.240. The SMILES string of the molecule is CC[C@@H](Oc1ccc(C)cc1)C(=O)Nc1ccc(S(=O)(=O)Nc2cc(C)ccc2OC)cc1. The standard InChI is InChI=1S/C25H28N2O5S/c1-5-23(32-20-11-6-17(2)7-12-20)25(28)26-19-9-13-21(14-10-19)33(29,30)27-22-16-18(3)8-15-24(22)31-4/h6-16,23,27H,5H2,1-4H3,(H,26,28)/t23-/m1/s1. The molecule has 0 radical (unpaired) electrons. The summed E-state index contributed by atoms with van der Waals surface area (Å²) in [5.41, 5.74) is 2.82. The van der Waals surface area contributed by atoms with Crippen molar-refractivity contribution in [3.8, 4) is 11.5 Å². The fourth-order valence-corrected chi connectivity index (χ4v) is 4.21. The number of carbonyl (C=O) groups is 1. The summed E-state index contributed by atoms with van der Waals surface area (Å²) in [5.74, 6) is 0.727. The first-order valence-electron chi connectivity index (χ1n) is 10.5. The number of nitrogens with one attached hydrogen (secondary N) is 2. The predicted molar refractivity (Wildman–Crippen MR) is 129 cm³/mol. The fourth-order valence-electron chi connectivity index (χ4n) is 3.15. The topological polar surface area (TPSA) is 93.7 Å². The molecule has 1 amide bonds. The van der Waals surface area contributed by atoms with E-state index in [2.05, 4.69) is 10.0 Å². The van der Waals surface area contributed by atoms with Crippen molar-refractivity contribution in [3.05, 3.63) is 77.9 Å². The monoisotopic (exact) mass is 468 g/mol. The van der Waals surface area contributed by atoms with Gasteiger partial charge in [0.1, 0.15) is 11.5 Å². The Labute approximate surface area is 194 Å². The second-order valence-corrected chi connectivity index (χ2v) is 9.33. The van der Waals surface area contributed by atoms with E-state index in [0.29, 0.717) is 29.3 Å². The molecule has 174 valence electrons. The van der Waals surface area contributed by atoms with E-state index < -0.39 is 16.1 Å². The Kier molecular flexibility index (Phi) is 7.60. The number of ether oxygens (including phenoxy) is 2.